The van der Waals surface area contributed by atoms with Gasteiger partial charge >= 0.3 is 0 Å². The van der Waals surface area contributed by atoms with Gasteiger partial charge in [-0.15, -0.1) is 11.3 Å². The topological polar surface area (TPSA) is 49.3 Å². The number of aromatic nitrogens is 2. The Hall–Kier alpha value is -1.90. The van der Waals surface area contributed by atoms with Gasteiger partial charge in [0.25, 0.3) is 5.91 Å². The maximum atomic E-state index is 14.0. The summed E-state index contributed by atoms with van der Waals surface area (Å²) < 4.78 is 14.8. The third-order valence-electron chi connectivity index (χ3n) is 3.92. The van der Waals surface area contributed by atoms with E-state index in [4.69, 9.17) is 0 Å². The van der Waals surface area contributed by atoms with Gasteiger partial charge in [-0.1, -0.05) is 17.4 Å². The third kappa shape index (κ3) is 3.92. The van der Waals surface area contributed by atoms with E-state index in [1.54, 1.807) is 11.0 Å². The number of halogens is 1. The summed E-state index contributed by atoms with van der Waals surface area (Å²) in [5.74, 6) is -0.484. The molecule has 0 unspecified atom stereocenters. The fraction of sp³-hybridized carbons (Fsp3) is 0.389. The largest absolute Gasteiger partial charge is 0.309 e. The van der Waals surface area contributed by atoms with Gasteiger partial charge < -0.3 is 4.90 Å². The molecular weight excluding hydrogens is 371 g/mol. The van der Waals surface area contributed by atoms with Gasteiger partial charge in [0.15, 0.2) is 5.13 Å². The molecule has 0 radical (unpaired) electrons. The van der Waals surface area contributed by atoms with E-state index in [1.807, 2.05) is 34.0 Å². The second-order valence-corrected chi connectivity index (χ2v) is 8.56. The van der Waals surface area contributed by atoms with Crippen LogP contribution >= 0.6 is 22.7 Å². The summed E-state index contributed by atoms with van der Waals surface area (Å²) >= 11 is 2.72. The lowest BCUT2D eigenvalue weighted by Crippen LogP contribution is -2.33. The second-order valence-electron chi connectivity index (χ2n) is 6.34. The minimum absolute atomic E-state index is 0.119. The molecule has 1 aromatic carbocycles. The number of hydrogen-bond acceptors (Lipinski definition) is 6. The zero-order valence-electron chi connectivity index (χ0n) is 15.2. The van der Waals surface area contributed by atoms with Crippen molar-refractivity contribution in [1.29, 1.82) is 0 Å². The number of carbonyl (C=O) groups excluding carboxylic acids is 1. The first-order valence-electron chi connectivity index (χ1n) is 8.32. The normalized spacial score (nSPS) is 11.5. The van der Waals surface area contributed by atoms with Crippen molar-refractivity contribution in [3.05, 3.63) is 39.6 Å². The SMILES string of the molecule is Cc1nc(C)c(C(=O)N(CCCN(C)C)c2nc3c(F)cccc3s2)s1. The van der Waals surface area contributed by atoms with Crippen LogP contribution < -0.4 is 4.90 Å². The number of nitrogens with zero attached hydrogens (tertiary/aromatic N) is 4. The molecule has 0 aliphatic carbocycles. The van der Waals surface area contributed by atoms with Crippen molar-refractivity contribution >= 4 is 43.9 Å². The average Bonchev–Trinajstić information content (AvgIpc) is 3.14. The van der Waals surface area contributed by atoms with E-state index in [-0.39, 0.29) is 11.7 Å². The van der Waals surface area contributed by atoms with Crippen molar-refractivity contribution in [3.63, 3.8) is 0 Å². The Morgan fingerprint density at radius 1 is 1.15 bits per heavy atom. The van der Waals surface area contributed by atoms with E-state index in [0.29, 0.717) is 22.1 Å². The molecule has 0 saturated heterocycles. The summed E-state index contributed by atoms with van der Waals surface area (Å²) in [6.07, 6.45) is 0.800. The van der Waals surface area contributed by atoms with Crippen LogP contribution in [0.4, 0.5) is 9.52 Å². The van der Waals surface area contributed by atoms with Crippen LogP contribution in [0, 0.1) is 19.7 Å². The number of fused-ring (bicyclic) bond motifs is 1. The molecule has 3 rings (SSSR count). The molecule has 0 N–H and O–H groups in total. The predicted octanol–water partition coefficient (Wildman–Crippen LogP) is 4.11. The molecule has 0 saturated carbocycles. The quantitative estimate of drug-likeness (QED) is 0.633. The van der Waals surface area contributed by atoms with E-state index >= 15 is 0 Å². The Morgan fingerprint density at radius 2 is 1.92 bits per heavy atom. The molecule has 0 fully saturated rings. The molecule has 0 atom stereocenters. The molecule has 0 spiro atoms. The first-order valence-corrected chi connectivity index (χ1v) is 9.96. The minimum atomic E-state index is -0.365. The molecule has 3 aromatic rings. The monoisotopic (exact) mass is 392 g/mol. The molecule has 8 heteroatoms. The van der Waals surface area contributed by atoms with E-state index < -0.39 is 0 Å². The van der Waals surface area contributed by atoms with Crippen molar-refractivity contribution in [2.24, 2.45) is 0 Å². The van der Waals surface area contributed by atoms with Gasteiger partial charge in [-0.05, 0) is 53.0 Å². The molecule has 26 heavy (non-hydrogen) atoms. The fourth-order valence-corrected chi connectivity index (χ4v) is 4.57. The second kappa shape index (κ2) is 7.77. The van der Waals surface area contributed by atoms with Crippen LogP contribution in [-0.2, 0) is 0 Å². The number of rotatable bonds is 6. The van der Waals surface area contributed by atoms with Gasteiger partial charge in [0.2, 0.25) is 0 Å². The van der Waals surface area contributed by atoms with Gasteiger partial charge in [-0.2, -0.15) is 0 Å². The van der Waals surface area contributed by atoms with Gasteiger partial charge in [-0.3, -0.25) is 9.69 Å². The molecule has 0 aliphatic rings. The third-order valence-corrected chi connectivity index (χ3v) is 6.02. The zero-order valence-corrected chi connectivity index (χ0v) is 16.9. The summed E-state index contributed by atoms with van der Waals surface area (Å²) in [5.41, 5.74) is 1.04. The minimum Gasteiger partial charge on any atom is -0.309 e. The maximum Gasteiger partial charge on any atom is 0.272 e. The molecule has 138 valence electrons. The number of amides is 1. The van der Waals surface area contributed by atoms with E-state index in [0.717, 1.165) is 28.4 Å². The Bertz CT molecular complexity index is 935. The lowest BCUT2D eigenvalue weighted by molar-refractivity contribution is 0.0989. The molecule has 0 aliphatic heterocycles. The van der Waals surface area contributed by atoms with Gasteiger partial charge in [0, 0.05) is 6.54 Å². The number of para-hydroxylation sites is 1. The molecule has 1 amide bonds. The van der Waals surface area contributed by atoms with Crippen molar-refractivity contribution in [2.75, 3.05) is 32.1 Å². The van der Waals surface area contributed by atoms with Crippen molar-refractivity contribution < 1.29 is 9.18 Å². The molecule has 0 bridgehead atoms. The van der Waals surface area contributed by atoms with Crippen LogP contribution in [0.2, 0.25) is 0 Å². The Balaban J connectivity index is 1.97. The zero-order chi connectivity index (χ0) is 18.8. The highest BCUT2D eigenvalue weighted by atomic mass is 32.1. The van der Waals surface area contributed by atoms with Crippen LogP contribution in [0.1, 0.15) is 26.8 Å². The number of carbonyl (C=O) groups is 1. The van der Waals surface area contributed by atoms with Crippen LogP contribution in [-0.4, -0.2) is 48.0 Å². The highest BCUT2D eigenvalue weighted by Crippen LogP contribution is 2.32. The standard InChI is InChI=1S/C18H21FN4OS2/c1-11-16(25-12(2)20-11)17(24)23(10-6-9-22(3)4)18-21-15-13(19)7-5-8-14(15)26-18/h5,7-8H,6,9-10H2,1-4H3. The van der Waals surface area contributed by atoms with Gasteiger partial charge in [0.1, 0.15) is 16.2 Å². The Labute approximate surface area is 160 Å². The number of benzene rings is 1. The van der Waals surface area contributed by atoms with Crippen molar-refractivity contribution in [2.45, 2.75) is 20.3 Å². The molecule has 5 nitrogen and oxygen atoms in total. The summed E-state index contributed by atoms with van der Waals surface area (Å²) in [7, 11) is 3.99. The lowest BCUT2D eigenvalue weighted by atomic mass is 10.3. The highest BCUT2D eigenvalue weighted by molar-refractivity contribution is 7.22. The number of aryl methyl sites for hydroxylation is 2. The average molecular weight is 393 g/mol. The van der Waals surface area contributed by atoms with Gasteiger partial charge in [-0.25, -0.2) is 14.4 Å². The van der Waals surface area contributed by atoms with E-state index in [9.17, 15) is 9.18 Å². The summed E-state index contributed by atoms with van der Waals surface area (Å²) in [6, 6.07) is 4.87. The molecule has 2 heterocycles. The van der Waals surface area contributed by atoms with Crippen LogP contribution in [0.3, 0.4) is 0 Å². The van der Waals surface area contributed by atoms with Crippen molar-refractivity contribution in [1.82, 2.24) is 14.9 Å². The lowest BCUT2D eigenvalue weighted by Gasteiger charge is -2.20. The van der Waals surface area contributed by atoms with Gasteiger partial charge in [0.05, 0.1) is 15.4 Å². The number of hydrogen-bond donors (Lipinski definition) is 0. The van der Waals surface area contributed by atoms with Crippen LogP contribution in [0.25, 0.3) is 10.2 Å². The predicted molar refractivity (Wildman–Crippen MR) is 106 cm³/mol. The summed E-state index contributed by atoms with van der Waals surface area (Å²) in [5, 5.41) is 1.38. The first-order chi connectivity index (χ1) is 12.4. The van der Waals surface area contributed by atoms with E-state index in [2.05, 4.69) is 14.9 Å². The van der Waals surface area contributed by atoms with E-state index in [1.165, 1.54) is 28.7 Å². The first kappa shape index (κ1) is 18.9. The smallest absolute Gasteiger partial charge is 0.272 e. The highest BCUT2D eigenvalue weighted by Gasteiger charge is 2.25. The van der Waals surface area contributed by atoms with Crippen LogP contribution in [0.15, 0.2) is 18.2 Å². The van der Waals surface area contributed by atoms with Crippen LogP contribution in [0.5, 0.6) is 0 Å². The number of thiazole rings is 2. The molecule has 2 aromatic heterocycles. The number of anilines is 1. The Kier molecular flexibility index (Phi) is 5.64. The fourth-order valence-electron chi connectivity index (χ4n) is 2.70. The Morgan fingerprint density at radius 3 is 2.54 bits per heavy atom. The van der Waals surface area contributed by atoms with Crippen molar-refractivity contribution in [3.8, 4) is 0 Å². The maximum absolute atomic E-state index is 14.0. The molecular formula is C18H21FN4OS2. The summed E-state index contributed by atoms with van der Waals surface area (Å²) in [6.45, 7) is 5.10. The summed E-state index contributed by atoms with van der Waals surface area (Å²) in [4.78, 5) is 26.3.